The van der Waals surface area contributed by atoms with Crippen LogP contribution in [0.3, 0.4) is 0 Å². The van der Waals surface area contributed by atoms with Gasteiger partial charge in [0.1, 0.15) is 5.01 Å². The van der Waals surface area contributed by atoms with E-state index in [-0.39, 0.29) is 0 Å². The van der Waals surface area contributed by atoms with Crippen molar-refractivity contribution in [2.45, 2.75) is 12.8 Å². The van der Waals surface area contributed by atoms with Crippen LogP contribution in [0.2, 0.25) is 0 Å². The Morgan fingerprint density at radius 2 is 2.14 bits per heavy atom. The predicted octanol–water partition coefficient (Wildman–Crippen LogP) is 3.70. The number of thiazole rings is 1. The van der Waals surface area contributed by atoms with E-state index in [2.05, 4.69) is 21.5 Å². The van der Waals surface area contributed by atoms with E-state index in [4.69, 9.17) is 4.84 Å². The quantitative estimate of drug-likeness (QED) is 0.784. The summed E-state index contributed by atoms with van der Waals surface area (Å²) in [6.07, 6.45) is 7.65. The monoisotopic (exact) mass is 309 g/mol. The number of rotatable bonds is 2. The minimum absolute atomic E-state index is 0.873. The molecule has 0 atom stereocenters. The third-order valence-corrected chi connectivity index (χ3v) is 4.78. The Kier molecular flexibility index (Phi) is 3.58. The minimum atomic E-state index is 0.873. The molecule has 0 saturated heterocycles. The Morgan fingerprint density at radius 3 is 3.05 bits per heavy atom. The zero-order valence-corrected chi connectivity index (χ0v) is 12.8. The molecular weight excluding hydrogens is 294 g/mol. The molecule has 4 nitrogen and oxygen atoms in total. The molecule has 0 unspecified atom stereocenters. The van der Waals surface area contributed by atoms with Gasteiger partial charge in [0.05, 0.1) is 4.88 Å². The van der Waals surface area contributed by atoms with E-state index in [1.807, 2.05) is 36.7 Å². The largest absolute Gasteiger partial charge is 0.408 e. The first-order chi connectivity index (χ1) is 10.9. The standard InChI is InChI=1S/C17H15N3OS/c1-5-14(13-6-3-9-20-21-15(13)7-1)16-11-19-17(22-16)12-4-2-8-18-10-12/h1-2,4-5,7-8,10-11,20H,3,6,9H2. The highest BCUT2D eigenvalue weighted by atomic mass is 32.1. The number of benzene rings is 1. The molecule has 5 heteroatoms. The number of hydrogen-bond acceptors (Lipinski definition) is 5. The topological polar surface area (TPSA) is 47.0 Å². The molecule has 1 aliphatic rings. The third-order valence-electron chi connectivity index (χ3n) is 3.70. The van der Waals surface area contributed by atoms with E-state index in [9.17, 15) is 0 Å². The second kappa shape index (κ2) is 5.87. The first kappa shape index (κ1) is 13.4. The zero-order valence-electron chi connectivity index (χ0n) is 12.0. The van der Waals surface area contributed by atoms with E-state index in [0.29, 0.717) is 0 Å². The summed E-state index contributed by atoms with van der Waals surface area (Å²) in [5, 5.41) is 0.994. The molecule has 2 aromatic heterocycles. The average molecular weight is 309 g/mol. The van der Waals surface area contributed by atoms with E-state index >= 15 is 0 Å². The normalized spacial score (nSPS) is 14.0. The molecule has 0 amide bonds. The molecule has 0 bridgehead atoms. The van der Waals surface area contributed by atoms with Gasteiger partial charge in [0, 0.05) is 41.8 Å². The van der Waals surface area contributed by atoms with Crippen molar-refractivity contribution < 1.29 is 4.84 Å². The Morgan fingerprint density at radius 1 is 1.14 bits per heavy atom. The SMILES string of the molecule is c1cncc(-c2ncc(-c3cccc4c3CCCNO4)s2)c1. The van der Waals surface area contributed by atoms with Crippen LogP contribution in [0.5, 0.6) is 5.75 Å². The molecule has 3 heterocycles. The number of hydroxylamine groups is 1. The highest BCUT2D eigenvalue weighted by molar-refractivity contribution is 7.18. The Hall–Kier alpha value is -2.24. The summed E-state index contributed by atoms with van der Waals surface area (Å²) >= 11 is 1.69. The molecule has 1 aliphatic heterocycles. The van der Waals surface area contributed by atoms with E-state index in [1.54, 1.807) is 17.5 Å². The number of nitrogens with zero attached hydrogens (tertiary/aromatic N) is 2. The average Bonchev–Trinajstić information content (AvgIpc) is 2.93. The van der Waals surface area contributed by atoms with Gasteiger partial charge in [-0.3, -0.25) is 4.98 Å². The van der Waals surface area contributed by atoms with Crippen LogP contribution in [0.1, 0.15) is 12.0 Å². The van der Waals surface area contributed by atoms with Crippen molar-refractivity contribution >= 4 is 11.3 Å². The molecule has 3 aromatic rings. The highest BCUT2D eigenvalue weighted by Crippen LogP contribution is 2.37. The first-order valence-electron chi connectivity index (χ1n) is 7.30. The van der Waals surface area contributed by atoms with Crippen molar-refractivity contribution in [2.24, 2.45) is 0 Å². The Labute approximate surface area is 132 Å². The van der Waals surface area contributed by atoms with Crippen molar-refractivity contribution in [1.29, 1.82) is 0 Å². The molecule has 22 heavy (non-hydrogen) atoms. The van der Waals surface area contributed by atoms with Crippen molar-refractivity contribution in [3.05, 3.63) is 54.5 Å². The van der Waals surface area contributed by atoms with Gasteiger partial charge in [-0.05, 0) is 31.0 Å². The van der Waals surface area contributed by atoms with E-state index in [1.165, 1.54) is 16.0 Å². The van der Waals surface area contributed by atoms with Gasteiger partial charge >= 0.3 is 0 Å². The van der Waals surface area contributed by atoms with Gasteiger partial charge in [0.25, 0.3) is 0 Å². The van der Waals surface area contributed by atoms with Gasteiger partial charge in [-0.15, -0.1) is 11.3 Å². The lowest BCUT2D eigenvalue weighted by Gasteiger charge is -2.09. The molecule has 1 aromatic carbocycles. The smallest absolute Gasteiger partial charge is 0.150 e. The van der Waals surface area contributed by atoms with Crippen LogP contribution in [0.4, 0.5) is 0 Å². The maximum Gasteiger partial charge on any atom is 0.150 e. The van der Waals surface area contributed by atoms with Crippen molar-refractivity contribution in [3.63, 3.8) is 0 Å². The zero-order chi connectivity index (χ0) is 14.8. The lowest BCUT2D eigenvalue weighted by molar-refractivity contribution is 0.202. The molecule has 4 rings (SSSR count). The van der Waals surface area contributed by atoms with E-state index in [0.717, 1.165) is 35.7 Å². The molecule has 0 spiro atoms. The van der Waals surface area contributed by atoms with Crippen molar-refractivity contribution in [1.82, 2.24) is 15.4 Å². The van der Waals surface area contributed by atoms with Gasteiger partial charge in [0.2, 0.25) is 0 Å². The summed E-state index contributed by atoms with van der Waals surface area (Å²) in [6, 6.07) is 10.2. The fourth-order valence-electron chi connectivity index (χ4n) is 2.64. The fourth-order valence-corrected chi connectivity index (χ4v) is 3.60. The fraction of sp³-hybridized carbons (Fsp3) is 0.176. The molecule has 1 N–H and O–H groups in total. The van der Waals surface area contributed by atoms with Gasteiger partial charge in [-0.1, -0.05) is 12.1 Å². The van der Waals surface area contributed by atoms with Crippen LogP contribution in [0.25, 0.3) is 21.0 Å². The van der Waals surface area contributed by atoms with Crippen LogP contribution in [0, 0.1) is 0 Å². The van der Waals surface area contributed by atoms with Gasteiger partial charge in [0.15, 0.2) is 5.75 Å². The lowest BCUT2D eigenvalue weighted by Crippen LogP contribution is -2.17. The summed E-state index contributed by atoms with van der Waals surface area (Å²) < 4.78 is 0. The summed E-state index contributed by atoms with van der Waals surface area (Å²) in [6.45, 7) is 0.873. The van der Waals surface area contributed by atoms with Crippen LogP contribution >= 0.6 is 11.3 Å². The summed E-state index contributed by atoms with van der Waals surface area (Å²) in [5.74, 6) is 0.923. The predicted molar refractivity (Wildman–Crippen MR) is 87.7 cm³/mol. The molecule has 0 aliphatic carbocycles. The van der Waals surface area contributed by atoms with Crippen molar-refractivity contribution in [3.8, 4) is 26.8 Å². The van der Waals surface area contributed by atoms with Crippen LogP contribution in [0.15, 0.2) is 48.9 Å². The molecule has 0 fully saturated rings. The summed E-state index contributed by atoms with van der Waals surface area (Å²) in [4.78, 5) is 15.5. The molecule has 110 valence electrons. The number of fused-ring (bicyclic) bond motifs is 1. The maximum atomic E-state index is 5.63. The Bertz CT molecular complexity index is 786. The lowest BCUT2D eigenvalue weighted by atomic mass is 10.0. The van der Waals surface area contributed by atoms with Crippen LogP contribution in [-0.2, 0) is 6.42 Å². The minimum Gasteiger partial charge on any atom is -0.408 e. The van der Waals surface area contributed by atoms with E-state index < -0.39 is 0 Å². The molecule has 0 radical (unpaired) electrons. The van der Waals surface area contributed by atoms with Gasteiger partial charge in [-0.25, -0.2) is 4.98 Å². The number of nitrogens with one attached hydrogen (secondary N) is 1. The van der Waals surface area contributed by atoms with Gasteiger partial charge in [-0.2, -0.15) is 5.48 Å². The maximum absolute atomic E-state index is 5.63. The number of aromatic nitrogens is 2. The number of pyridine rings is 1. The van der Waals surface area contributed by atoms with Crippen LogP contribution in [-0.4, -0.2) is 16.5 Å². The molecular formula is C17H15N3OS. The second-order valence-electron chi connectivity index (χ2n) is 5.15. The number of hydrogen-bond donors (Lipinski definition) is 1. The molecule has 0 saturated carbocycles. The summed E-state index contributed by atoms with van der Waals surface area (Å²) in [5.41, 5.74) is 6.52. The van der Waals surface area contributed by atoms with Gasteiger partial charge < -0.3 is 4.84 Å². The first-order valence-corrected chi connectivity index (χ1v) is 8.12. The third kappa shape index (κ3) is 2.49. The van der Waals surface area contributed by atoms with Crippen LogP contribution < -0.4 is 10.3 Å². The second-order valence-corrected chi connectivity index (χ2v) is 6.18. The Balaban J connectivity index is 1.76. The van der Waals surface area contributed by atoms with Crippen molar-refractivity contribution in [2.75, 3.05) is 6.54 Å². The highest BCUT2D eigenvalue weighted by Gasteiger charge is 2.16. The summed E-state index contributed by atoms with van der Waals surface area (Å²) in [7, 11) is 0.